The standard InChI is InChI=1S/C16H25ClN2/c1-16(2,3)14-5-4-9-19(10-7-14)15-6-8-18-12-13(15)11-17/h6,8,12,14H,4-5,7,9-11H2,1-3H3. The van der Waals surface area contributed by atoms with Crippen LogP contribution in [0.25, 0.3) is 0 Å². The van der Waals surface area contributed by atoms with Crippen molar-refractivity contribution in [3.8, 4) is 0 Å². The molecule has 1 aliphatic heterocycles. The van der Waals surface area contributed by atoms with Gasteiger partial charge in [0.2, 0.25) is 0 Å². The van der Waals surface area contributed by atoms with Crippen molar-refractivity contribution in [2.45, 2.75) is 45.9 Å². The van der Waals surface area contributed by atoms with E-state index in [-0.39, 0.29) is 0 Å². The minimum absolute atomic E-state index is 0.420. The quantitative estimate of drug-likeness (QED) is 0.743. The van der Waals surface area contributed by atoms with Crippen molar-refractivity contribution in [2.24, 2.45) is 11.3 Å². The van der Waals surface area contributed by atoms with E-state index in [1.54, 1.807) is 0 Å². The normalized spacial score (nSPS) is 21.3. The molecule has 3 heteroatoms. The Bertz CT molecular complexity index is 411. The molecule has 0 radical (unpaired) electrons. The fourth-order valence-electron chi connectivity index (χ4n) is 3.03. The van der Waals surface area contributed by atoms with Gasteiger partial charge in [0.1, 0.15) is 0 Å². The van der Waals surface area contributed by atoms with Crippen LogP contribution in [0, 0.1) is 11.3 Å². The molecule has 0 saturated carbocycles. The van der Waals surface area contributed by atoms with Crippen molar-refractivity contribution < 1.29 is 0 Å². The highest BCUT2D eigenvalue weighted by molar-refractivity contribution is 6.17. The third-order valence-corrected chi connectivity index (χ3v) is 4.60. The van der Waals surface area contributed by atoms with E-state index in [4.69, 9.17) is 11.6 Å². The van der Waals surface area contributed by atoms with Crippen molar-refractivity contribution in [3.05, 3.63) is 24.0 Å². The van der Waals surface area contributed by atoms with E-state index in [2.05, 4.69) is 36.7 Å². The summed E-state index contributed by atoms with van der Waals surface area (Å²) in [6, 6.07) is 2.11. The van der Waals surface area contributed by atoms with Crippen LogP contribution < -0.4 is 4.90 Å². The van der Waals surface area contributed by atoms with Gasteiger partial charge in [-0.1, -0.05) is 20.8 Å². The van der Waals surface area contributed by atoms with Crippen LogP contribution >= 0.6 is 11.6 Å². The Morgan fingerprint density at radius 3 is 2.79 bits per heavy atom. The molecule has 1 fully saturated rings. The predicted octanol–water partition coefficient (Wildman–Crippen LogP) is 4.47. The lowest BCUT2D eigenvalue weighted by Crippen LogP contribution is -2.26. The van der Waals surface area contributed by atoms with Gasteiger partial charge in [0.15, 0.2) is 0 Å². The number of anilines is 1. The minimum Gasteiger partial charge on any atom is -0.371 e. The molecule has 0 aliphatic carbocycles. The van der Waals surface area contributed by atoms with Crippen LogP contribution in [-0.2, 0) is 5.88 Å². The van der Waals surface area contributed by atoms with Crippen LogP contribution in [0.2, 0.25) is 0 Å². The van der Waals surface area contributed by atoms with Gasteiger partial charge in [0.05, 0.1) is 5.88 Å². The second kappa shape index (κ2) is 6.13. The van der Waals surface area contributed by atoms with Crippen molar-refractivity contribution in [1.29, 1.82) is 0 Å². The molecule has 2 heterocycles. The summed E-state index contributed by atoms with van der Waals surface area (Å²) in [5.74, 6) is 1.36. The summed E-state index contributed by atoms with van der Waals surface area (Å²) in [6.45, 7) is 9.37. The summed E-state index contributed by atoms with van der Waals surface area (Å²) < 4.78 is 0. The Labute approximate surface area is 122 Å². The average Bonchev–Trinajstić information content (AvgIpc) is 2.64. The predicted molar refractivity (Wildman–Crippen MR) is 82.8 cm³/mol. The van der Waals surface area contributed by atoms with Crippen LogP contribution in [0.5, 0.6) is 0 Å². The zero-order valence-corrected chi connectivity index (χ0v) is 13.1. The first-order valence-corrected chi connectivity index (χ1v) is 7.79. The molecule has 0 aromatic carbocycles. The molecule has 19 heavy (non-hydrogen) atoms. The molecule has 1 atom stereocenters. The molecule has 0 spiro atoms. The summed E-state index contributed by atoms with van der Waals surface area (Å²) in [4.78, 5) is 6.67. The smallest absolute Gasteiger partial charge is 0.0509 e. The van der Waals surface area contributed by atoms with Gasteiger partial charge in [-0.05, 0) is 36.7 Å². The van der Waals surface area contributed by atoms with Crippen LogP contribution in [-0.4, -0.2) is 18.1 Å². The summed E-state index contributed by atoms with van der Waals surface area (Å²) >= 11 is 6.03. The summed E-state index contributed by atoms with van der Waals surface area (Å²) in [5.41, 5.74) is 2.85. The summed E-state index contributed by atoms with van der Waals surface area (Å²) in [6.07, 6.45) is 7.65. The van der Waals surface area contributed by atoms with Gasteiger partial charge in [0, 0.05) is 36.7 Å². The maximum atomic E-state index is 6.03. The molecular weight excluding hydrogens is 256 g/mol. The third-order valence-electron chi connectivity index (χ3n) is 4.32. The van der Waals surface area contributed by atoms with E-state index in [9.17, 15) is 0 Å². The second-order valence-corrected chi connectivity index (χ2v) is 6.89. The molecule has 0 N–H and O–H groups in total. The Morgan fingerprint density at radius 1 is 1.32 bits per heavy atom. The first kappa shape index (κ1) is 14.6. The van der Waals surface area contributed by atoms with Crippen molar-refractivity contribution in [3.63, 3.8) is 0 Å². The highest BCUT2D eigenvalue weighted by Crippen LogP contribution is 2.35. The highest BCUT2D eigenvalue weighted by atomic mass is 35.5. The maximum Gasteiger partial charge on any atom is 0.0509 e. The molecular formula is C16H25ClN2. The van der Waals surface area contributed by atoms with E-state index in [0.717, 1.165) is 24.6 Å². The van der Waals surface area contributed by atoms with Crippen LogP contribution in [0.4, 0.5) is 5.69 Å². The number of rotatable bonds is 2. The number of halogens is 1. The average molecular weight is 281 g/mol. The molecule has 1 saturated heterocycles. The number of hydrogen-bond donors (Lipinski definition) is 0. The summed E-state index contributed by atoms with van der Waals surface area (Å²) in [7, 11) is 0. The van der Waals surface area contributed by atoms with Gasteiger partial charge in [-0.25, -0.2) is 0 Å². The van der Waals surface area contributed by atoms with E-state index in [0.29, 0.717) is 11.3 Å². The van der Waals surface area contributed by atoms with Crippen LogP contribution in [0.3, 0.4) is 0 Å². The molecule has 2 rings (SSSR count). The number of hydrogen-bond acceptors (Lipinski definition) is 2. The van der Waals surface area contributed by atoms with Gasteiger partial charge >= 0.3 is 0 Å². The lowest BCUT2D eigenvalue weighted by Gasteiger charge is -2.30. The second-order valence-electron chi connectivity index (χ2n) is 6.62. The maximum absolute atomic E-state index is 6.03. The van der Waals surface area contributed by atoms with Gasteiger partial charge in [-0.2, -0.15) is 0 Å². The van der Waals surface area contributed by atoms with Gasteiger partial charge in [0.25, 0.3) is 0 Å². The lowest BCUT2D eigenvalue weighted by atomic mass is 9.77. The van der Waals surface area contributed by atoms with Gasteiger partial charge < -0.3 is 4.90 Å². The molecule has 1 aliphatic rings. The number of pyridine rings is 1. The molecule has 106 valence electrons. The molecule has 1 aromatic rings. The largest absolute Gasteiger partial charge is 0.371 e. The number of alkyl halides is 1. The van der Waals surface area contributed by atoms with E-state index < -0.39 is 0 Å². The molecule has 1 aromatic heterocycles. The molecule has 0 bridgehead atoms. The fourth-order valence-corrected chi connectivity index (χ4v) is 3.24. The Hall–Kier alpha value is -0.760. The monoisotopic (exact) mass is 280 g/mol. The van der Waals surface area contributed by atoms with Crippen LogP contribution in [0.1, 0.15) is 45.6 Å². The number of nitrogens with zero attached hydrogens (tertiary/aromatic N) is 2. The summed E-state index contributed by atoms with van der Waals surface area (Å²) in [5, 5.41) is 0. The van der Waals surface area contributed by atoms with E-state index in [1.165, 1.54) is 24.9 Å². The first-order chi connectivity index (χ1) is 9.02. The fraction of sp³-hybridized carbons (Fsp3) is 0.688. The van der Waals surface area contributed by atoms with Gasteiger partial charge in [-0.15, -0.1) is 11.6 Å². The number of aromatic nitrogens is 1. The Morgan fingerprint density at radius 2 is 2.11 bits per heavy atom. The highest BCUT2D eigenvalue weighted by Gasteiger charge is 2.27. The van der Waals surface area contributed by atoms with Crippen molar-refractivity contribution in [1.82, 2.24) is 4.98 Å². The zero-order valence-electron chi connectivity index (χ0n) is 12.3. The topological polar surface area (TPSA) is 16.1 Å². The Kier molecular flexibility index (Phi) is 4.72. The van der Waals surface area contributed by atoms with E-state index >= 15 is 0 Å². The zero-order chi connectivity index (χ0) is 13.9. The SMILES string of the molecule is CC(C)(C)C1CCCN(c2ccncc2CCl)CC1. The van der Waals surface area contributed by atoms with E-state index in [1.807, 2.05) is 12.4 Å². The molecule has 2 nitrogen and oxygen atoms in total. The minimum atomic E-state index is 0.420. The lowest BCUT2D eigenvalue weighted by molar-refractivity contribution is 0.220. The first-order valence-electron chi connectivity index (χ1n) is 7.26. The van der Waals surface area contributed by atoms with Crippen molar-refractivity contribution in [2.75, 3.05) is 18.0 Å². The Balaban J connectivity index is 2.11. The molecule has 0 amide bonds. The van der Waals surface area contributed by atoms with Crippen LogP contribution in [0.15, 0.2) is 18.5 Å². The molecule has 1 unspecified atom stereocenters. The van der Waals surface area contributed by atoms with Crippen molar-refractivity contribution >= 4 is 17.3 Å². The van der Waals surface area contributed by atoms with Gasteiger partial charge in [-0.3, -0.25) is 4.98 Å². The third kappa shape index (κ3) is 3.62.